The Kier molecular flexibility index (Phi) is 2.99. The first-order chi connectivity index (χ1) is 8.08. The van der Waals surface area contributed by atoms with Gasteiger partial charge in [0.05, 0.1) is 5.69 Å². The van der Waals surface area contributed by atoms with Crippen LogP contribution in [-0.2, 0) is 11.3 Å². The van der Waals surface area contributed by atoms with Crippen molar-refractivity contribution in [1.29, 1.82) is 0 Å². The number of carbonyl (C=O) groups is 2. The van der Waals surface area contributed by atoms with Gasteiger partial charge in [-0.15, -0.1) is 0 Å². The molecule has 0 saturated carbocycles. The molecule has 1 fully saturated rings. The lowest BCUT2D eigenvalue weighted by Crippen LogP contribution is -2.31. The molecule has 3 N–H and O–H groups in total. The Hall–Kier alpha value is -2.05. The summed E-state index contributed by atoms with van der Waals surface area (Å²) in [6.45, 7) is 1.57. The van der Waals surface area contributed by atoms with Crippen molar-refractivity contribution < 1.29 is 14.7 Å². The number of amides is 1. The van der Waals surface area contributed by atoms with Crippen LogP contribution in [0.4, 0.5) is 5.69 Å². The summed E-state index contributed by atoms with van der Waals surface area (Å²) >= 11 is 0. The molecule has 0 bridgehead atoms. The lowest BCUT2D eigenvalue weighted by Gasteiger charge is -2.14. The normalized spacial score (nSPS) is 15.2. The topological polar surface area (TPSA) is 101 Å². The van der Waals surface area contributed by atoms with Gasteiger partial charge in [-0.2, -0.15) is 5.10 Å². The zero-order chi connectivity index (χ0) is 12.4. The summed E-state index contributed by atoms with van der Waals surface area (Å²) < 4.78 is 1.28. The fraction of sp³-hybridized carbons (Fsp3) is 0.500. The smallest absolute Gasteiger partial charge is 0.358 e. The molecule has 0 spiro atoms. The van der Waals surface area contributed by atoms with Crippen LogP contribution in [-0.4, -0.2) is 44.8 Å². The number of anilines is 1. The SMILES string of the molecule is Nc1cn(CC(=O)N2CCCC2)nc1C(=O)O. The summed E-state index contributed by atoms with van der Waals surface area (Å²) in [5.74, 6) is -1.24. The van der Waals surface area contributed by atoms with E-state index in [0.717, 1.165) is 25.9 Å². The first kappa shape index (κ1) is 11.4. The summed E-state index contributed by atoms with van der Waals surface area (Å²) in [6.07, 6.45) is 3.41. The van der Waals surface area contributed by atoms with Gasteiger partial charge >= 0.3 is 5.97 Å². The number of carboxylic acids is 1. The largest absolute Gasteiger partial charge is 0.476 e. The molecule has 7 heteroatoms. The average Bonchev–Trinajstić information content (AvgIpc) is 2.86. The maximum atomic E-state index is 11.8. The number of likely N-dealkylation sites (tertiary alicyclic amines) is 1. The Morgan fingerprint density at radius 2 is 2.06 bits per heavy atom. The third-order valence-corrected chi connectivity index (χ3v) is 2.75. The Bertz CT molecular complexity index is 448. The van der Waals surface area contributed by atoms with Crippen molar-refractivity contribution >= 4 is 17.6 Å². The van der Waals surface area contributed by atoms with E-state index in [0.29, 0.717) is 0 Å². The zero-order valence-electron chi connectivity index (χ0n) is 9.30. The highest BCUT2D eigenvalue weighted by atomic mass is 16.4. The van der Waals surface area contributed by atoms with Gasteiger partial charge in [0.2, 0.25) is 5.91 Å². The molecule has 0 aromatic carbocycles. The number of carbonyl (C=O) groups excluding carboxylic acids is 1. The number of hydrogen-bond acceptors (Lipinski definition) is 4. The molecule has 1 aliphatic rings. The highest BCUT2D eigenvalue weighted by Crippen LogP contribution is 2.11. The van der Waals surface area contributed by atoms with E-state index in [2.05, 4.69) is 5.10 Å². The van der Waals surface area contributed by atoms with Gasteiger partial charge in [-0.25, -0.2) is 4.79 Å². The van der Waals surface area contributed by atoms with E-state index in [1.54, 1.807) is 4.90 Å². The quantitative estimate of drug-likeness (QED) is 0.758. The van der Waals surface area contributed by atoms with Crippen molar-refractivity contribution in [2.75, 3.05) is 18.8 Å². The van der Waals surface area contributed by atoms with Crippen molar-refractivity contribution in [2.24, 2.45) is 0 Å². The number of carboxylic acid groups (broad SMARTS) is 1. The number of nitrogen functional groups attached to an aromatic ring is 1. The van der Waals surface area contributed by atoms with Crippen LogP contribution in [0, 0.1) is 0 Å². The predicted molar refractivity (Wildman–Crippen MR) is 59.4 cm³/mol. The van der Waals surface area contributed by atoms with Gasteiger partial charge in [-0.1, -0.05) is 0 Å². The Morgan fingerprint density at radius 1 is 1.41 bits per heavy atom. The number of nitrogens with two attached hydrogens (primary N) is 1. The van der Waals surface area contributed by atoms with Gasteiger partial charge in [-0.3, -0.25) is 9.48 Å². The van der Waals surface area contributed by atoms with Crippen LogP contribution < -0.4 is 5.73 Å². The van der Waals surface area contributed by atoms with Crippen molar-refractivity contribution in [1.82, 2.24) is 14.7 Å². The third kappa shape index (κ3) is 2.38. The second-order valence-corrected chi connectivity index (χ2v) is 4.02. The van der Waals surface area contributed by atoms with Crippen LogP contribution in [0.3, 0.4) is 0 Å². The zero-order valence-corrected chi connectivity index (χ0v) is 9.30. The van der Waals surface area contributed by atoms with Crippen LogP contribution >= 0.6 is 0 Å². The molecule has 17 heavy (non-hydrogen) atoms. The third-order valence-electron chi connectivity index (χ3n) is 2.75. The number of rotatable bonds is 3. The molecular formula is C10H14N4O3. The van der Waals surface area contributed by atoms with Crippen LogP contribution in [0.25, 0.3) is 0 Å². The monoisotopic (exact) mass is 238 g/mol. The van der Waals surface area contributed by atoms with Crippen molar-refractivity contribution in [3.63, 3.8) is 0 Å². The van der Waals surface area contributed by atoms with Crippen LogP contribution in [0.5, 0.6) is 0 Å². The fourth-order valence-electron chi connectivity index (χ4n) is 1.89. The maximum absolute atomic E-state index is 11.8. The van der Waals surface area contributed by atoms with Crippen molar-refractivity contribution in [3.8, 4) is 0 Å². The Morgan fingerprint density at radius 3 is 2.59 bits per heavy atom. The van der Waals surface area contributed by atoms with E-state index in [4.69, 9.17) is 10.8 Å². The minimum atomic E-state index is -1.19. The van der Waals surface area contributed by atoms with E-state index in [-0.39, 0.29) is 23.8 Å². The number of hydrogen-bond donors (Lipinski definition) is 2. The summed E-state index contributed by atoms with van der Waals surface area (Å²) in [5.41, 5.74) is 5.35. The highest BCUT2D eigenvalue weighted by Gasteiger charge is 2.20. The number of aromatic carboxylic acids is 1. The molecule has 1 aliphatic heterocycles. The molecule has 1 saturated heterocycles. The maximum Gasteiger partial charge on any atom is 0.358 e. The van der Waals surface area contributed by atoms with E-state index in [1.807, 2.05) is 0 Å². The lowest BCUT2D eigenvalue weighted by molar-refractivity contribution is -0.130. The second kappa shape index (κ2) is 4.44. The van der Waals surface area contributed by atoms with E-state index < -0.39 is 5.97 Å². The molecule has 1 aromatic heterocycles. The molecule has 1 aromatic rings. The molecule has 0 radical (unpaired) electrons. The molecule has 7 nitrogen and oxygen atoms in total. The van der Waals surface area contributed by atoms with Gasteiger partial charge in [0.1, 0.15) is 6.54 Å². The van der Waals surface area contributed by atoms with Gasteiger partial charge in [-0.05, 0) is 12.8 Å². The van der Waals surface area contributed by atoms with Crippen LogP contribution in [0.2, 0.25) is 0 Å². The number of aromatic nitrogens is 2. The second-order valence-electron chi connectivity index (χ2n) is 4.02. The van der Waals surface area contributed by atoms with E-state index >= 15 is 0 Å². The minimum absolute atomic E-state index is 0.0392. The fourth-order valence-corrected chi connectivity index (χ4v) is 1.89. The first-order valence-corrected chi connectivity index (χ1v) is 5.42. The summed E-state index contributed by atoms with van der Waals surface area (Å²) in [5, 5.41) is 12.5. The summed E-state index contributed by atoms with van der Waals surface area (Å²) in [7, 11) is 0. The average molecular weight is 238 g/mol. The van der Waals surface area contributed by atoms with Gasteiger partial charge in [0, 0.05) is 19.3 Å². The van der Waals surface area contributed by atoms with Crippen molar-refractivity contribution in [2.45, 2.75) is 19.4 Å². The van der Waals surface area contributed by atoms with Crippen molar-refractivity contribution in [3.05, 3.63) is 11.9 Å². The standard InChI is InChI=1S/C10H14N4O3/c11-7-5-14(12-9(7)10(16)17)6-8(15)13-3-1-2-4-13/h5H,1-4,6,11H2,(H,16,17). The predicted octanol–water partition coefficient (Wildman–Crippen LogP) is -0.214. The van der Waals surface area contributed by atoms with E-state index in [9.17, 15) is 9.59 Å². The molecule has 0 atom stereocenters. The molecular weight excluding hydrogens is 224 g/mol. The molecule has 0 aliphatic carbocycles. The Labute approximate surface area is 97.8 Å². The van der Waals surface area contributed by atoms with Gasteiger partial charge in [0.25, 0.3) is 0 Å². The molecule has 2 heterocycles. The minimum Gasteiger partial charge on any atom is -0.476 e. The Balaban J connectivity index is 2.05. The molecule has 92 valence electrons. The number of nitrogens with zero attached hydrogens (tertiary/aromatic N) is 3. The van der Waals surface area contributed by atoms with E-state index in [1.165, 1.54) is 10.9 Å². The summed E-state index contributed by atoms with van der Waals surface area (Å²) in [6, 6.07) is 0. The van der Waals surface area contributed by atoms with Crippen LogP contribution in [0.15, 0.2) is 6.20 Å². The van der Waals surface area contributed by atoms with Gasteiger partial charge in [0.15, 0.2) is 5.69 Å². The lowest BCUT2D eigenvalue weighted by atomic mass is 10.4. The summed E-state index contributed by atoms with van der Waals surface area (Å²) in [4.78, 5) is 24.3. The van der Waals surface area contributed by atoms with Gasteiger partial charge < -0.3 is 15.7 Å². The molecule has 2 rings (SSSR count). The first-order valence-electron chi connectivity index (χ1n) is 5.42. The molecule has 1 amide bonds. The highest BCUT2D eigenvalue weighted by molar-refractivity contribution is 5.91. The molecule has 0 unspecified atom stereocenters. The van der Waals surface area contributed by atoms with Crippen LogP contribution in [0.1, 0.15) is 23.3 Å².